The van der Waals surface area contributed by atoms with Gasteiger partial charge in [-0.05, 0) is 30.1 Å². The summed E-state index contributed by atoms with van der Waals surface area (Å²) >= 11 is 2.10. The lowest BCUT2D eigenvalue weighted by atomic mass is 9.78. The molecule has 1 saturated heterocycles. The molecule has 3 heteroatoms. The SMILES string of the molecule is CCC(CC)CN(CC)C1(CN)CSCC(C)(C)C1. The third-order valence-corrected chi connectivity index (χ3v) is 6.46. The van der Waals surface area contributed by atoms with Gasteiger partial charge in [0.25, 0.3) is 0 Å². The summed E-state index contributed by atoms with van der Waals surface area (Å²) in [6.45, 7) is 14.9. The molecule has 0 aromatic carbocycles. The first kappa shape index (κ1) is 17.3. The van der Waals surface area contributed by atoms with E-state index in [0.717, 1.165) is 19.0 Å². The van der Waals surface area contributed by atoms with E-state index in [1.165, 1.54) is 37.3 Å². The first-order chi connectivity index (χ1) is 8.93. The fourth-order valence-corrected chi connectivity index (χ4v) is 5.03. The number of thioether (sulfide) groups is 1. The summed E-state index contributed by atoms with van der Waals surface area (Å²) in [6, 6.07) is 0. The van der Waals surface area contributed by atoms with Crippen LogP contribution in [0.4, 0.5) is 0 Å². The standard InChI is InChI=1S/C16H34N2S/c1-6-14(7-2)9-18(8-3)16(11-17)10-15(4,5)12-19-13-16/h14H,6-13,17H2,1-5H3. The maximum absolute atomic E-state index is 6.24. The maximum Gasteiger partial charge on any atom is 0.0427 e. The van der Waals surface area contributed by atoms with E-state index >= 15 is 0 Å². The number of nitrogens with two attached hydrogens (primary N) is 1. The van der Waals surface area contributed by atoms with Crippen molar-refractivity contribution < 1.29 is 0 Å². The van der Waals surface area contributed by atoms with E-state index in [1.54, 1.807) is 0 Å². The molecule has 0 amide bonds. The van der Waals surface area contributed by atoms with Crippen LogP contribution < -0.4 is 5.73 Å². The Labute approximate surface area is 124 Å². The van der Waals surface area contributed by atoms with Crippen molar-refractivity contribution in [1.82, 2.24) is 4.90 Å². The number of nitrogens with zero attached hydrogens (tertiary/aromatic N) is 1. The topological polar surface area (TPSA) is 29.3 Å². The molecule has 0 bridgehead atoms. The van der Waals surface area contributed by atoms with Gasteiger partial charge in [-0.1, -0.05) is 47.5 Å². The molecule has 19 heavy (non-hydrogen) atoms. The molecule has 114 valence electrons. The van der Waals surface area contributed by atoms with Crippen molar-refractivity contribution in [2.24, 2.45) is 17.1 Å². The van der Waals surface area contributed by atoms with E-state index in [-0.39, 0.29) is 5.54 Å². The quantitative estimate of drug-likeness (QED) is 0.775. The molecule has 0 saturated carbocycles. The summed E-state index contributed by atoms with van der Waals surface area (Å²) in [5.74, 6) is 3.30. The van der Waals surface area contributed by atoms with E-state index in [1.807, 2.05) is 0 Å². The molecule has 1 fully saturated rings. The van der Waals surface area contributed by atoms with Gasteiger partial charge in [0, 0.05) is 24.4 Å². The minimum absolute atomic E-state index is 0.226. The van der Waals surface area contributed by atoms with Crippen LogP contribution >= 0.6 is 11.8 Å². The van der Waals surface area contributed by atoms with Crippen LogP contribution in [-0.2, 0) is 0 Å². The van der Waals surface area contributed by atoms with Crippen LogP contribution in [0.3, 0.4) is 0 Å². The van der Waals surface area contributed by atoms with Gasteiger partial charge in [-0.25, -0.2) is 0 Å². The molecule has 2 N–H and O–H groups in total. The van der Waals surface area contributed by atoms with Crippen LogP contribution in [0.5, 0.6) is 0 Å². The number of likely N-dealkylation sites (N-methyl/N-ethyl adjacent to an activating group) is 1. The largest absolute Gasteiger partial charge is 0.329 e. The predicted molar refractivity (Wildman–Crippen MR) is 88.8 cm³/mol. The van der Waals surface area contributed by atoms with Crippen LogP contribution in [0.15, 0.2) is 0 Å². The fourth-order valence-electron chi connectivity index (χ4n) is 3.49. The molecule has 1 atom stereocenters. The predicted octanol–water partition coefficient (Wildman–Crippen LogP) is 3.61. The first-order valence-electron chi connectivity index (χ1n) is 7.96. The Balaban J connectivity index is 2.84. The van der Waals surface area contributed by atoms with Crippen LogP contribution in [0.2, 0.25) is 0 Å². The third kappa shape index (κ3) is 4.37. The lowest BCUT2D eigenvalue weighted by Crippen LogP contribution is -2.60. The Hall–Kier alpha value is 0.270. The number of rotatable bonds is 7. The molecule has 2 nitrogen and oxygen atoms in total. The van der Waals surface area contributed by atoms with Crippen LogP contribution in [-0.4, -0.2) is 41.6 Å². The van der Waals surface area contributed by atoms with Gasteiger partial charge < -0.3 is 5.73 Å². The fraction of sp³-hybridized carbons (Fsp3) is 1.00. The Morgan fingerprint density at radius 1 is 1.16 bits per heavy atom. The Bertz CT molecular complexity index is 263. The number of hydrogen-bond acceptors (Lipinski definition) is 3. The highest BCUT2D eigenvalue weighted by molar-refractivity contribution is 7.99. The zero-order valence-electron chi connectivity index (χ0n) is 13.7. The highest BCUT2D eigenvalue weighted by Crippen LogP contribution is 2.42. The monoisotopic (exact) mass is 286 g/mol. The Kier molecular flexibility index (Phi) is 6.68. The molecule has 1 unspecified atom stereocenters. The van der Waals surface area contributed by atoms with Crippen molar-refractivity contribution in [3.05, 3.63) is 0 Å². The summed E-state index contributed by atoms with van der Waals surface area (Å²) < 4.78 is 0. The molecule has 1 rings (SSSR count). The van der Waals surface area contributed by atoms with Gasteiger partial charge >= 0.3 is 0 Å². The molecule has 1 heterocycles. The average molecular weight is 287 g/mol. The minimum Gasteiger partial charge on any atom is -0.329 e. The molecule has 0 aromatic rings. The van der Waals surface area contributed by atoms with Crippen molar-refractivity contribution in [2.75, 3.05) is 31.1 Å². The molecule has 0 spiro atoms. The van der Waals surface area contributed by atoms with Crippen LogP contribution in [0.1, 0.15) is 53.9 Å². The second-order valence-electron chi connectivity index (χ2n) is 6.98. The molecule has 0 radical (unpaired) electrons. The van der Waals surface area contributed by atoms with E-state index in [2.05, 4.69) is 51.3 Å². The molecule has 1 aliphatic heterocycles. The minimum atomic E-state index is 0.226. The van der Waals surface area contributed by atoms with Crippen molar-refractivity contribution in [2.45, 2.75) is 59.4 Å². The van der Waals surface area contributed by atoms with Gasteiger partial charge in [0.15, 0.2) is 0 Å². The molecular weight excluding hydrogens is 252 g/mol. The van der Waals surface area contributed by atoms with Crippen molar-refractivity contribution >= 4 is 11.8 Å². The highest BCUT2D eigenvalue weighted by atomic mass is 32.2. The summed E-state index contributed by atoms with van der Waals surface area (Å²) in [4.78, 5) is 2.69. The molecule has 0 aromatic heterocycles. The van der Waals surface area contributed by atoms with Gasteiger partial charge in [0.05, 0.1) is 0 Å². The number of hydrogen-bond donors (Lipinski definition) is 1. The summed E-state index contributed by atoms with van der Waals surface area (Å²) in [5, 5.41) is 0. The highest BCUT2D eigenvalue weighted by Gasteiger charge is 2.43. The second kappa shape index (κ2) is 7.33. The zero-order chi connectivity index (χ0) is 14.5. The molecule has 1 aliphatic rings. The average Bonchev–Trinajstić information content (AvgIpc) is 2.39. The lowest BCUT2D eigenvalue weighted by Gasteiger charge is -2.51. The van der Waals surface area contributed by atoms with E-state index in [0.29, 0.717) is 5.41 Å². The second-order valence-corrected chi connectivity index (χ2v) is 7.97. The summed E-state index contributed by atoms with van der Waals surface area (Å²) in [6.07, 6.45) is 3.81. The van der Waals surface area contributed by atoms with E-state index < -0.39 is 0 Å². The lowest BCUT2D eigenvalue weighted by molar-refractivity contribution is 0.0572. The zero-order valence-corrected chi connectivity index (χ0v) is 14.5. The van der Waals surface area contributed by atoms with Crippen molar-refractivity contribution in [1.29, 1.82) is 0 Å². The van der Waals surface area contributed by atoms with Gasteiger partial charge in [-0.15, -0.1) is 0 Å². The van der Waals surface area contributed by atoms with Gasteiger partial charge in [0.1, 0.15) is 0 Å². The first-order valence-corrected chi connectivity index (χ1v) is 9.11. The van der Waals surface area contributed by atoms with Crippen LogP contribution in [0, 0.1) is 11.3 Å². The summed E-state index contributed by atoms with van der Waals surface area (Å²) in [5.41, 5.74) is 6.89. The Morgan fingerprint density at radius 2 is 1.79 bits per heavy atom. The molecular formula is C16H34N2S. The van der Waals surface area contributed by atoms with Crippen LogP contribution in [0.25, 0.3) is 0 Å². The Morgan fingerprint density at radius 3 is 2.21 bits per heavy atom. The normalized spacial score (nSPS) is 27.2. The van der Waals surface area contributed by atoms with Gasteiger partial charge in [-0.3, -0.25) is 4.90 Å². The van der Waals surface area contributed by atoms with E-state index in [9.17, 15) is 0 Å². The summed E-state index contributed by atoms with van der Waals surface area (Å²) in [7, 11) is 0. The van der Waals surface area contributed by atoms with Gasteiger partial charge in [-0.2, -0.15) is 11.8 Å². The van der Waals surface area contributed by atoms with E-state index in [4.69, 9.17) is 5.73 Å². The maximum atomic E-state index is 6.24. The molecule has 0 aliphatic carbocycles. The smallest absolute Gasteiger partial charge is 0.0427 e. The van der Waals surface area contributed by atoms with Crippen molar-refractivity contribution in [3.8, 4) is 0 Å². The third-order valence-electron chi connectivity index (χ3n) is 4.74. The van der Waals surface area contributed by atoms with Gasteiger partial charge in [0.2, 0.25) is 0 Å². The van der Waals surface area contributed by atoms with Crippen molar-refractivity contribution in [3.63, 3.8) is 0 Å².